The van der Waals surface area contributed by atoms with Crippen molar-refractivity contribution in [2.45, 2.75) is 52.6 Å². The largest absolute Gasteiger partial charge is 0.489 e. The summed E-state index contributed by atoms with van der Waals surface area (Å²) in [4.78, 5) is 12.0. The lowest BCUT2D eigenvalue weighted by Crippen LogP contribution is -2.07. The van der Waals surface area contributed by atoms with E-state index >= 15 is 0 Å². The van der Waals surface area contributed by atoms with Gasteiger partial charge in [0, 0.05) is 16.9 Å². The van der Waals surface area contributed by atoms with Crippen molar-refractivity contribution in [3.8, 4) is 5.75 Å². The van der Waals surface area contributed by atoms with Crippen molar-refractivity contribution in [3.05, 3.63) is 113 Å². The Bertz CT molecular complexity index is 1400. The molecule has 0 saturated carbocycles. The Hall–Kier alpha value is -3.89. The lowest BCUT2D eigenvalue weighted by molar-refractivity contribution is -0.109. The molecule has 0 aliphatic carbocycles. The quantitative estimate of drug-likeness (QED) is 0.112. The number of ether oxygens (including phenoxy) is 2. The van der Waals surface area contributed by atoms with Crippen molar-refractivity contribution in [1.29, 1.82) is 0 Å². The molecular formula is C36H40O4. The number of hydrogen-bond acceptors (Lipinski definition) is 4. The van der Waals surface area contributed by atoms with Gasteiger partial charge < -0.3 is 18.7 Å². The molecule has 0 N–H and O–H groups in total. The fourth-order valence-corrected chi connectivity index (χ4v) is 4.95. The first-order valence-corrected chi connectivity index (χ1v) is 14.3. The average molecular weight is 537 g/mol. The van der Waals surface area contributed by atoms with Gasteiger partial charge in [-0.2, -0.15) is 0 Å². The molecule has 4 heteroatoms. The zero-order chi connectivity index (χ0) is 28.2. The van der Waals surface area contributed by atoms with Gasteiger partial charge in [0.05, 0.1) is 25.0 Å². The number of carbonyl (C=O) groups is 1. The minimum absolute atomic E-state index is 0.193. The van der Waals surface area contributed by atoms with Crippen molar-refractivity contribution in [1.82, 2.24) is 0 Å². The first-order valence-electron chi connectivity index (χ1n) is 14.3. The fraction of sp³-hybridized carbons (Fsp3) is 0.306. The number of benzene rings is 3. The monoisotopic (exact) mass is 536 g/mol. The summed E-state index contributed by atoms with van der Waals surface area (Å²) in [5.74, 6) is 1.04. The lowest BCUT2D eigenvalue weighted by Gasteiger charge is -2.18. The molecule has 0 radical (unpaired) electrons. The van der Waals surface area contributed by atoms with Crippen LogP contribution in [0.2, 0.25) is 0 Å². The molecule has 0 fully saturated rings. The maximum absolute atomic E-state index is 12.0. The Kier molecular flexibility index (Phi) is 10.9. The second-order valence-electron chi connectivity index (χ2n) is 10.5. The molecule has 0 aliphatic heterocycles. The van der Waals surface area contributed by atoms with Crippen LogP contribution in [0.5, 0.6) is 5.75 Å². The Morgan fingerprint density at radius 1 is 0.900 bits per heavy atom. The van der Waals surface area contributed by atoms with Gasteiger partial charge in [-0.3, -0.25) is 0 Å². The van der Waals surface area contributed by atoms with E-state index in [9.17, 15) is 4.79 Å². The van der Waals surface area contributed by atoms with Crippen LogP contribution in [-0.4, -0.2) is 19.5 Å². The molecular weight excluding hydrogens is 496 g/mol. The molecule has 1 heterocycles. The smallest absolute Gasteiger partial charge is 0.143 e. The second kappa shape index (κ2) is 15.0. The maximum atomic E-state index is 12.0. The van der Waals surface area contributed by atoms with Gasteiger partial charge in [-0.05, 0) is 47.6 Å². The summed E-state index contributed by atoms with van der Waals surface area (Å²) in [6.45, 7) is 7.72. The normalized spacial score (nSPS) is 12.6. The van der Waals surface area contributed by atoms with E-state index in [0.717, 1.165) is 70.1 Å². The summed E-state index contributed by atoms with van der Waals surface area (Å²) in [5, 5.41) is 0.979. The standard InChI is InChI=1S/C36H40O4/c1-4-13-30(24-37)33-26-40-36-32(33)23-31(22-27(2)3)35(39-21-12-19-29-16-9-6-10-17-29)34(36)25-38-20-11-18-28-14-7-5-8-15-28/h5-12,14-19,23-24,26-27,30H,4,13,20-22,25H2,1-3H3/b18-11+,19-12+. The fourth-order valence-electron chi connectivity index (χ4n) is 4.95. The summed E-state index contributed by atoms with van der Waals surface area (Å²) in [7, 11) is 0. The third-order valence-corrected chi connectivity index (χ3v) is 6.81. The number of fused-ring (bicyclic) bond motifs is 1. The van der Waals surface area contributed by atoms with Crippen LogP contribution in [0.15, 0.2) is 89.6 Å². The number of hydrogen-bond donors (Lipinski definition) is 0. The molecule has 0 bridgehead atoms. The van der Waals surface area contributed by atoms with E-state index in [1.807, 2.05) is 48.6 Å². The van der Waals surface area contributed by atoms with Crippen LogP contribution in [0.3, 0.4) is 0 Å². The van der Waals surface area contributed by atoms with Crippen LogP contribution in [0.25, 0.3) is 23.1 Å². The first-order chi connectivity index (χ1) is 19.6. The predicted octanol–water partition coefficient (Wildman–Crippen LogP) is 9.04. The van der Waals surface area contributed by atoms with E-state index in [-0.39, 0.29) is 5.92 Å². The number of furan rings is 1. The zero-order valence-corrected chi connectivity index (χ0v) is 23.8. The minimum Gasteiger partial charge on any atom is -0.489 e. The molecule has 3 aromatic carbocycles. The van der Waals surface area contributed by atoms with Crippen LogP contribution >= 0.6 is 0 Å². The molecule has 4 nitrogen and oxygen atoms in total. The summed E-state index contributed by atoms with van der Waals surface area (Å²) < 4.78 is 18.8. The lowest BCUT2D eigenvalue weighted by atomic mass is 9.91. The summed E-state index contributed by atoms with van der Waals surface area (Å²) >= 11 is 0. The Labute approximate surface area is 238 Å². The second-order valence-corrected chi connectivity index (χ2v) is 10.5. The van der Waals surface area contributed by atoms with Gasteiger partial charge in [-0.1, -0.05) is 106 Å². The highest BCUT2D eigenvalue weighted by atomic mass is 16.5. The Balaban J connectivity index is 1.66. The Morgan fingerprint density at radius 3 is 2.15 bits per heavy atom. The van der Waals surface area contributed by atoms with E-state index in [1.165, 1.54) is 0 Å². The van der Waals surface area contributed by atoms with E-state index in [2.05, 4.69) is 63.3 Å². The van der Waals surface area contributed by atoms with E-state index in [0.29, 0.717) is 25.7 Å². The van der Waals surface area contributed by atoms with Crippen LogP contribution in [0.4, 0.5) is 0 Å². The van der Waals surface area contributed by atoms with Crippen molar-refractivity contribution < 1.29 is 18.7 Å². The highest BCUT2D eigenvalue weighted by Gasteiger charge is 2.23. The molecule has 40 heavy (non-hydrogen) atoms. The van der Waals surface area contributed by atoms with Gasteiger partial charge in [0.1, 0.15) is 24.2 Å². The Morgan fingerprint density at radius 2 is 1.55 bits per heavy atom. The molecule has 4 aromatic rings. The number of carbonyl (C=O) groups excluding carboxylic acids is 1. The molecule has 1 aromatic heterocycles. The van der Waals surface area contributed by atoms with Crippen LogP contribution in [-0.2, 0) is 22.6 Å². The molecule has 0 spiro atoms. The van der Waals surface area contributed by atoms with Crippen LogP contribution in [0, 0.1) is 5.92 Å². The van der Waals surface area contributed by atoms with Gasteiger partial charge in [0.25, 0.3) is 0 Å². The van der Waals surface area contributed by atoms with Gasteiger partial charge in [-0.15, -0.1) is 0 Å². The van der Waals surface area contributed by atoms with Crippen LogP contribution < -0.4 is 4.74 Å². The highest BCUT2D eigenvalue weighted by molar-refractivity contribution is 5.90. The summed E-state index contributed by atoms with van der Waals surface area (Å²) in [5.41, 5.74) is 5.94. The number of rotatable bonds is 15. The molecule has 0 aliphatic rings. The van der Waals surface area contributed by atoms with Crippen molar-refractivity contribution in [2.75, 3.05) is 13.2 Å². The topological polar surface area (TPSA) is 48.7 Å². The van der Waals surface area contributed by atoms with Crippen LogP contribution in [0.1, 0.15) is 67.3 Å². The SMILES string of the molecule is CCCC(C=O)c1coc2c(COC/C=C/c3ccccc3)c(OC/C=C/c3ccccc3)c(CC(C)C)cc12. The molecule has 0 saturated heterocycles. The van der Waals surface area contributed by atoms with E-state index in [1.54, 1.807) is 6.26 Å². The van der Waals surface area contributed by atoms with Gasteiger partial charge in [0.15, 0.2) is 0 Å². The van der Waals surface area contributed by atoms with E-state index in [4.69, 9.17) is 13.9 Å². The highest BCUT2D eigenvalue weighted by Crippen LogP contribution is 2.39. The first kappa shape index (κ1) is 29.1. The molecule has 208 valence electrons. The maximum Gasteiger partial charge on any atom is 0.143 e. The number of aldehydes is 1. The van der Waals surface area contributed by atoms with Crippen molar-refractivity contribution in [3.63, 3.8) is 0 Å². The van der Waals surface area contributed by atoms with Crippen molar-refractivity contribution >= 4 is 29.4 Å². The molecule has 1 unspecified atom stereocenters. The van der Waals surface area contributed by atoms with E-state index < -0.39 is 0 Å². The summed E-state index contributed by atoms with van der Waals surface area (Å²) in [6.07, 6.45) is 13.5. The third-order valence-electron chi connectivity index (χ3n) is 6.81. The molecule has 0 amide bonds. The van der Waals surface area contributed by atoms with Gasteiger partial charge >= 0.3 is 0 Å². The minimum atomic E-state index is -0.193. The third kappa shape index (κ3) is 7.83. The van der Waals surface area contributed by atoms with Gasteiger partial charge in [-0.25, -0.2) is 0 Å². The summed E-state index contributed by atoms with van der Waals surface area (Å²) in [6, 6.07) is 22.5. The predicted molar refractivity (Wildman–Crippen MR) is 165 cm³/mol. The van der Waals surface area contributed by atoms with Crippen molar-refractivity contribution in [2.24, 2.45) is 5.92 Å². The molecule has 4 rings (SSSR count). The van der Waals surface area contributed by atoms with Gasteiger partial charge in [0.2, 0.25) is 0 Å². The average Bonchev–Trinajstić information content (AvgIpc) is 3.38. The molecule has 1 atom stereocenters. The zero-order valence-electron chi connectivity index (χ0n) is 23.8.